The number of aromatic nitrogens is 1. The maximum atomic E-state index is 13.2. The molecule has 0 bridgehead atoms. The zero-order valence-electron chi connectivity index (χ0n) is 24.4. The molecule has 0 aliphatic carbocycles. The molecule has 3 amide bonds. The summed E-state index contributed by atoms with van der Waals surface area (Å²) >= 11 is 5.77. The third-order valence-corrected chi connectivity index (χ3v) is 7.58. The number of carbonyl (C=O) groups is 3. The highest BCUT2D eigenvalue weighted by atomic mass is 35.5. The number of carbonyl (C=O) groups excluding carboxylic acids is 3. The number of alkyl halides is 1. The molecule has 1 aromatic heterocycles. The average Bonchev–Trinajstić information content (AvgIpc) is 3.05. The van der Waals surface area contributed by atoms with E-state index in [1.54, 1.807) is 66.7 Å². The number of aryl methyl sites for hydroxylation is 1. The zero-order valence-corrected chi connectivity index (χ0v) is 25.1. The lowest BCUT2D eigenvalue weighted by Crippen LogP contribution is -2.40. The molecule has 1 saturated heterocycles. The average molecular weight is 614 g/mol. The number of nitrogens with zero attached hydrogens (tertiary/aromatic N) is 2. The maximum Gasteiger partial charge on any atom is 0.274 e. The number of anilines is 4. The lowest BCUT2D eigenvalue weighted by Gasteiger charge is -2.27. The van der Waals surface area contributed by atoms with E-state index in [2.05, 4.69) is 16.0 Å². The number of rotatable bonds is 8. The van der Waals surface area contributed by atoms with Crippen LogP contribution in [0.3, 0.4) is 0 Å². The molecular formula is C33H32ClN5O5. The summed E-state index contributed by atoms with van der Waals surface area (Å²) in [6.45, 7) is 3.77. The minimum Gasteiger partial charge on any atom is -0.378 e. The number of morpholine rings is 1. The van der Waals surface area contributed by atoms with Gasteiger partial charge in [-0.1, -0.05) is 30.3 Å². The van der Waals surface area contributed by atoms with Gasteiger partial charge in [0.15, 0.2) is 0 Å². The normalized spacial score (nSPS) is 12.8. The highest BCUT2D eigenvalue weighted by molar-refractivity contribution is 6.29. The summed E-state index contributed by atoms with van der Waals surface area (Å²) < 4.78 is 6.81. The fourth-order valence-corrected chi connectivity index (χ4v) is 5.05. The van der Waals surface area contributed by atoms with Crippen LogP contribution in [0.15, 0.2) is 83.8 Å². The van der Waals surface area contributed by atoms with Crippen LogP contribution in [0.1, 0.15) is 26.3 Å². The van der Waals surface area contributed by atoms with E-state index in [1.165, 1.54) is 4.57 Å². The molecule has 0 atom stereocenters. The Morgan fingerprint density at radius 2 is 1.59 bits per heavy atom. The molecule has 1 aliphatic rings. The van der Waals surface area contributed by atoms with E-state index in [9.17, 15) is 19.2 Å². The monoisotopic (exact) mass is 613 g/mol. The van der Waals surface area contributed by atoms with E-state index in [1.807, 2.05) is 31.2 Å². The molecule has 4 aromatic rings. The van der Waals surface area contributed by atoms with E-state index in [-0.39, 0.29) is 28.9 Å². The van der Waals surface area contributed by atoms with E-state index >= 15 is 0 Å². The van der Waals surface area contributed by atoms with Gasteiger partial charge in [-0.3, -0.25) is 19.2 Å². The van der Waals surface area contributed by atoms with Gasteiger partial charge in [0.1, 0.15) is 11.6 Å². The van der Waals surface area contributed by atoms with Gasteiger partial charge in [-0.25, -0.2) is 0 Å². The van der Waals surface area contributed by atoms with Crippen molar-refractivity contribution in [3.05, 3.63) is 106 Å². The fraction of sp³-hybridized carbons (Fsp3) is 0.212. The number of ether oxygens (including phenoxy) is 1. The van der Waals surface area contributed by atoms with Crippen LogP contribution < -0.4 is 21.5 Å². The Morgan fingerprint density at radius 3 is 2.32 bits per heavy atom. The van der Waals surface area contributed by atoms with Crippen LogP contribution in [0.25, 0.3) is 11.1 Å². The molecule has 0 unspecified atom stereocenters. The highest BCUT2D eigenvalue weighted by Crippen LogP contribution is 2.32. The Kier molecular flexibility index (Phi) is 9.42. The van der Waals surface area contributed by atoms with Gasteiger partial charge < -0.3 is 30.2 Å². The molecule has 3 N–H and O–H groups in total. The molecule has 44 heavy (non-hydrogen) atoms. The highest BCUT2D eigenvalue weighted by Gasteiger charge is 2.21. The van der Waals surface area contributed by atoms with Crippen molar-refractivity contribution in [3.8, 4) is 11.1 Å². The van der Waals surface area contributed by atoms with Gasteiger partial charge in [0.25, 0.3) is 17.4 Å². The number of amides is 3. The molecule has 0 saturated carbocycles. The number of nitrogens with one attached hydrogen (secondary N) is 3. The van der Waals surface area contributed by atoms with Crippen LogP contribution in [0.4, 0.5) is 22.7 Å². The third-order valence-electron chi connectivity index (χ3n) is 7.34. The molecule has 1 fully saturated rings. The summed E-state index contributed by atoms with van der Waals surface area (Å²) in [7, 11) is 1.65. The van der Waals surface area contributed by atoms with E-state index in [4.69, 9.17) is 16.3 Å². The molecular weight excluding hydrogens is 582 g/mol. The van der Waals surface area contributed by atoms with Crippen LogP contribution in [0, 0.1) is 6.92 Å². The first-order chi connectivity index (χ1) is 21.2. The SMILES string of the molecule is Cc1c(NC(=O)c2ccccc2)cccc1-c1cc(Nc2ccc(C(=O)N3CCOCC3)cc2NC(=O)CCl)c(=O)n(C)c1. The van der Waals surface area contributed by atoms with Gasteiger partial charge in [-0.15, -0.1) is 11.6 Å². The summed E-state index contributed by atoms with van der Waals surface area (Å²) in [6, 6.07) is 21.1. The largest absolute Gasteiger partial charge is 0.378 e. The first kappa shape index (κ1) is 30.5. The van der Waals surface area contributed by atoms with Gasteiger partial charge in [0.2, 0.25) is 5.91 Å². The van der Waals surface area contributed by atoms with Crippen LogP contribution >= 0.6 is 11.6 Å². The maximum absolute atomic E-state index is 13.2. The Morgan fingerprint density at radius 1 is 0.841 bits per heavy atom. The molecule has 2 heterocycles. The summed E-state index contributed by atoms with van der Waals surface area (Å²) in [5.74, 6) is -1.16. The minimum absolute atomic E-state index is 0.186. The summed E-state index contributed by atoms with van der Waals surface area (Å²) in [4.78, 5) is 53.2. The van der Waals surface area contributed by atoms with Crippen molar-refractivity contribution < 1.29 is 19.1 Å². The zero-order chi connectivity index (χ0) is 31.2. The number of pyridine rings is 1. The second kappa shape index (κ2) is 13.6. The number of halogens is 1. The topological polar surface area (TPSA) is 122 Å². The van der Waals surface area contributed by atoms with Gasteiger partial charge in [0, 0.05) is 48.7 Å². The van der Waals surface area contributed by atoms with Crippen molar-refractivity contribution in [2.75, 3.05) is 48.1 Å². The summed E-state index contributed by atoms with van der Waals surface area (Å²) in [6.07, 6.45) is 1.72. The van der Waals surface area contributed by atoms with Gasteiger partial charge in [-0.2, -0.15) is 0 Å². The standard InChI is InChI=1S/C33H32ClN5O5/c1-21-25(9-6-10-26(21)37-31(41)22-7-4-3-5-8-22)24-18-29(33(43)38(2)20-24)35-27-12-11-23(17-28(27)36-30(40)19-34)32(42)39-13-15-44-16-14-39/h3-12,17-18,20,35H,13-16,19H2,1-2H3,(H,36,40)(H,37,41). The molecule has 0 spiro atoms. The first-order valence-electron chi connectivity index (χ1n) is 14.1. The molecule has 226 valence electrons. The molecule has 0 radical (unpaired) electrons. The van der Waals surface area contributed by atoms with Gasteiger partial charge in [0.05, 0.1) is 24.6 Å². The second-order valence-corrected chi connectivity index (χ2v) is 10.6. The Bertz CT molecular complexity index is 1770. The number of benzene rings is 3. The summed E-state index contributed by atoms with van der Waals surface area (Å²) in [5.41, 5.74) is 4.61. The number of hydrogen-bond donors (Lipinski definition) is 3. The predicted molar refractivity (Wildman–Crippen MR) is 172 cm³/mol. The number of hydrogen-bond acceptors (Lipinski definition) is 6. The van der Waals surface area contributed by atoms with E-state index in [0.717, 1.165) is 16.7 Å². The van der Waals surface area contributed by atoms with Crippen molar-refractivity contribution in [3.63, 3.8) is 0 Å². The van der Waals surface area contributed by atoms with Gasteiger partial charge >= 0.3 is 0 Å². The Labute approximate surface area is 259 Å². The van der Waals surface area contributed by atoms with Crippen LogP contribution in [-0.2, 0) is 16.6 Å². The Hall–Kier alpha value is -4.93. The smallest absolute Gasteiger partial charge is 0.274 e. The molecule has 1 aliphatic heterocycles. The van der Waals surface area contributed by atoms with Crippen molar-refractivity contribution >= 4 is 52.1 Å². The van der Waals surface area contributed by atoms with Crippen molar-refractivity contribution in [1.29, 1.82) is 0 Å². The van der Waals surface area contributed by atoms with Gasteiger partial charge in [-0.05, 0) is 60.5 Å². The van der Waals surface area contributed by atoms with Crippen molar-refractivity contribution in [2.24, 2.45) is 7.05 Å². The second-order valence-electron chi connectivity index (χ2n) is 10.3. The predicted octanol–water partition coefficient (Wildman–Crippen LogP) is 5.01. The lowest BCUT2D eigenvalue weighted by atomic mass is 9.99. The van der Waals surface area contributed by atoms with E-state index < -0.39 is 5.91 Å². The van der Waals surface area contributed by atoms with E-state index in [0.29, 0.717) is 54.5 Å². The summed E-state index contributed by atoms with van der Waals surface area (Å²) in [5, 5.41) is 8.85. The Balaban J connectivity index is 1.47. The molecule has 11 heteroatoms. The first-order valence-corrected chi connectivity index (χ1v) is 14.6. The third kappa shape index (κ3) is 6.82. The van der Waals surface area contributed by atoms with Crippen LogP contribution in [0.2, 0.25) is 0 Å². The molecule has 10 nitrogen and oxygen atoms in total. The molecule has 5 rings (SSSR count). The fourth-order valence-electron chi connectivity index (χ4n) is 4.98. The van der Waals surface area contributed by atoms with Crippen molar-refractivity contribution in [2.45, 2.75) is 6.92 Å². The lowest BCUT2D eigenvalue weighted by molar-refractivity contribution is -0.113. The van der Waals surface area contributed by atoms with Crippen LogP contribution in [0.5, 0.6) is 0 Å². The quantitative estimate of drug-likeness (QED) is 0.240. The van der Waals surface area contributed by atoms with Crippen molar-refractivity contribution in [1.82, 2.24) is 9.47 Å². The molecule has 3 aromatic carbocycles. The van der Waals surface area contributed by atoms with Crippen LogP contribution in [-0.4, -0.2) is 59.4 Å². The minimum atomic E-state index is -0.461.